The van der Waals surface area contributed by atoms with Crippen LogP contribution in [0.2, 0.25) is 0 Å². The van der Waals surface area contributed by atoms with Crippen molar-refractivity contribution in [1.82, 2.24) is 5.32 Å². The van der Waals surface area contributed by atoms with E-state index in [1.807, 2.05) is 0 Å². The van der Waals surface area contributed by atoms with E-state index < -0.39 is 0 Å². The Balaban J connectivity index is 2.55. The largest absolute Gasteiger partial charge is 0.496 e. The van der Waals surface area contributed by atoms with Gasteiger partial charge in [0.15, 0.2) is 0 Å². The summed E-state index contributed by atoms with van der Waals surface area (Å²) in [5.74, 6) is 0.385. The molecule has 1 aromatic rings. The van der Waals surface area contributed by atoms with Crippen LogP contribution in [-0.2, 0) is 6.54 Å². The van der Waals surface area contributed by atoms with Gasteiger partial charge in [0.05, 0.1) is 7.11 Å². The Morgan fingerprint density at radius 1 is 1.50 bits per heavy atom. The number of nitrogens with two attached hydrogens (primary N) is 2. The average molecular weight is 227 g/mol. The summed E-state index contributed by atoms with van der Waals surface area (Å²) in [7, 11) is 1.56. The topological polar surface area (TPSA) is 73.3 Å². The SMILES string of the molecule is COc1ccc(F)cc1CNCC(N)CN. The number of halogens is 1. The van der Waals surface area contributed by atoms with E-state index in [4.69, 9.17) is 16.2 Å². The maximum Gasteiger partial charge on any atom is 0.123 e. The molecule has 0 aliphatic carbocycles. The van der Waals surface area contributed by atoms with E-state index in [-0.39, 0.29) is 11.9 Å². The first-order chi connectivity index (χ1) is 7.67. The second-order valence-corrected chi connectivity index (χ2v) is 3.58. The predicted octanol–water partition coefficient (Wildman–Crippen LogP) is 0.210. The first-order valence-corrected chi connectivity index (χ1v) is 5.16. The highest BCUT2D eigenvalue weighted by Crippen LogP contribution is 2.18. The van der Waals surface area contributed by atoms with E-state index in [1.54, 1.807) is 13.2 Å². The van der Waals surface area contributed by atoms with Gasteiger partial charge in [-0.25, -0.2) is 4.39 Å². The molecule has 1 unspecified atom stereocenters. The lowest BCUT2D eigenvalue weighted by atomic mass is 10.2. The number of ether oxygens (including phenoxy) is 1. The molecule has 5 heteroatoms. The lowest BCUT2D eigenvalue weighted by Crippen LogP contribution is -2.39. The Bertz CT molecular complexity index is 333. The predicted molar refractivity (Wildman–Crippen MR) is 61.7 cm³/mol. The normalized spacial score (nSPS) is 12.5. The van der Waals surface area contributed by atoms with Crippen LogP contribution in [0.15, 0.2) is 18.2 Å². The van der Waals surface area contributed by atoms with Crippen LogP contribution < -0.4 is 21.5 Å². The van der Waals surface area contributed by atoms with Crippen LogP contribution in [0, 0.1) is 5.82 Å². The van der Waals surface area contributed by atoms with Gasteiger partial charge in [0.2, 0.25) is 0 Å². The second kappa shape index (κ2) is 6.42. The molecule has 0 spiro atoms. The molecule has 0 radical (unpaired) electrons. The van der Waals surface area contributed by atoms with Crippen LogP contribution in [0.3, 0.4) is 0 Å². The average Bonchev–Trinajstić information content (AvgIpc) is 2.29. The van der Waals surface area contributed by atoms with Gasteiger partial charge < -0.3 is 21.5 Å². The minimum atomic E-state index is -0.277. The smallest absolute Gasteiger partial charge is 0.123 e. The zero-order chi connectivity index (χ0) is 12.0. The van der Waals surface area contributed by atoms with E-state index in [0.29, 0.717) is 25.4 Å². The number of rotatable bonds is 6. The van der Waals surface area contributed by atoms with Gasteiger partial charge in [0.1, 0.15) is 11.6 Å². The van der Waals surface area contributed by atoms with Gasteiger partial charge in [0.25, 0.3) is 0 Å². The highest BCUT2D eigenvalue weighted by Gasteiger charge is 2.05. The first-order valence-electron chi connectivity index (χ1n) is 5.16. The molecular formula is C11H18FN3O. The molecule has 0 aliphatic heterocycles. The third kappa shape index (κ3) is 3.77. The molecule has 16 heavy (non-hydrogen) atoms. The molecular weight excluding hydrogens is 209 g/mol. The Kier molecular flexibility index (Phi) is 5.18. The van der Waals surface area contributed by atoms with Crippen molar-refractivity contribution in [3.63, 3.8) is 0 Å². The van der Waals surface area contributed by atoms with Crippen molar-refractivity contribution < 1.29 is 9.13 Å². The molecule has 1 rings (SSSR count). The van der Waals surface area contributed by atoms with Crippen LogP contribution in [0.5, 0.6) is 5.75 Å². The Hall–Kier alpha value is -1.17. The van der Waals surface area contributed by atoms with Crippen LogP contribution in [0.4, 0.5) is 4.39 Å². The minimum Gasteiger partial charge on any atom is -0.496 e. The maximum atomic E-state index is 13.0. The summed E-state index contributed by atoms with van der Waals surface area (Å²) in [4.78, 5) is 0. The summed E-state index contributed by atoms with van der Waals surface area (Å²) in [5, 5.41) is 3.10. The molecule has 90 valence electrons. The molecule has 0 bridgehead atoms. The Morgan fingerprint density at radius 3 is 2.88 bits per heavy atom. The van der Waals surface area contributed by atoms with E-state index in [9.17, 15) is 4.39 Å². The molecule has 0 aromatic heterocycles. The number of hydrogen-bond donors (Lipinski definition) is 3. The van der Waals surface area contributed by atoms with Crippen molar-refractivity contribution in [1.29, 1.82) is 0 Å². The summed E-state index contributed by atoms with van der Waals surface area (Å²) in [6.45, 7) is 1.53. The molecule has 0 saturated heterocycles. The van der Waals surface area contributed by atoms with Crippen molar-refractivity contribution in [2.75, 3.05) is 20.2 Å². The number of benzene rings is 1. The third-order valence-electron chi connectivity index (χ3n) is 2.27. The number of hydrogen-bond acceptors (Lipinski definition) is 4. The van der Waals surface area contributed by atoms with Gasteiger partial charge in [-0.2, -0.15) is 0 Å². The fourth-order valence-corrected chi connectivity index (χ4v) is 1.36. The maximum absolute atomic E-state index is 13.0. The van der Waals surface area contributed by atoms with Crippen LogP contribution in [-0.4, -0.2) is 26.2 Å². The van der Waals surface area contributed by atoms with Gasteiger partial charge in [-0.15, -0.1) is 0 Å². The molecule has 1 atom stereocenters. The van der Waals surface area contributed by atoms with Crippen LogP contribution in [0.1, 0.15) is 5.56 Å². The van der Waals surface area contributed by atoms with Gasteiger partial charge in [-0.3, -0.25) is 0 Å². The van der Waals surface area contributed by atoms with Crippen LogP contribution >= 0.6 is 0 Å². The van der Waals surface area contributed by atoms with Crippen molar-refractivity contribution in [2.45, 2.75) is 12.6 Å². The summed E-state index contributed by atoms with van der Waals surface area (Å²) in [6.07, 6.45) is 0. The summed E-state index contributed by atoms with van der Waals surface area (Å²) < 4.78 is 18.1. The fourth-order valence-electron chi connectivity index (χ4n) is 1.36. The zero-order valence-electron chi connectivity index (χ0n) is 9.37. The summed E-state index contributed by atoms with van der Waals surface area (Å²) in [6, 6.07) is 4.34. The Labute approximate surface area is 94.8 Å². The molecule has 0 amide bonds. The number of nitrogens with one attached hydrogen (secondary N) is 1. The fraction of sp³-hybridized carbons (Fsp3) is 0.455. The van der Waals surface area contributed by atoms with Crippen molar-refractivity contribution in [3.8, 4) is 5.75 Å². The van der Waals surface area contributed by atoms with E-state index in [2.05, 4.69) is 5.32 Å². The Morgan fingerprint density at radius 2 is 2.25 bits per heavy atom. The monoisotopic (exact) mass is 227 g/mol. The highest BCUT2D eigenvalue weighted by atomic mass is 19.1. The standard InChI is InChI=1S/C11H18FN3O/c1-16-11-3-2-9(12)4-8(11)6-15-7-10(14)5-13/h2-4,10,15H,5-7,13-14H2,1H3. The molecule has 0 aliphatic rings. The van der Waals surface area contributed by atoms with E-state index in [1.165, 1.54) is 12.1 Å². The van der Waals surface area contributed by atoms with Crippen LogP contribution in [0.25, 0.3) is 0 Å². The van der Waals surface area contributed by atoms with E-state index in [0.717, 1.165) is 5.56 Å². The number of methoxy groups -OCH3 is 1. The molecule has 4 nitrogen and oxygen atoms in total. The lowest BCUT2D eigenvalue weighted by Gasteiger charge is -2.12. The van der Waals surface area contributed by atoms with Crippen molar-refractivity contribution in [2.24, 2.45) is 11.5 Å². The first kappa shape index (κ1) is 12.9. The molecule has 0 fully saturated rings. The highest BCUT2D eigenvalue weighted by molar-refractivity contribution is 5.33. The minimum absolute atomic E-state index is 0.0837. The van der Waals surface area contributed by atoms with Gasteiger partial charge >= 0.3 is 0 Å². The zero-order valence-corrected chi connectivity index (χ0v) is 9.37. The van der Waals surface area contributed by atoms with Gasteiger partial charge in [0, 0.05) is 31.2 Å². The van der Waals surface area contributed by atoms with E-state index >= 15 is 0 Å². The van der Waals surface area contributed by atoms with Gasteiger partial charge in [-0.05, 0) is 18.2 Å². The summed E-state index contributed by atoms with van der Waals surface area (Å²) >= 11 is 0. The summed E-state index contributed by atoms with van der Waals surface area (Å²) in [5.41, 5.74) is 11.8. The molecule has 0 saturated carbocycles. The third-order valence-corrected chi connectivity index (χ3v) is 2.27. The second-order valence-electron chi connectivity index (χ2n) is 3.58. The van der Waals surface area contributed by atoms with Crippen molar-refractivity contribution in [3.05, 3.63) is 29.6 Å². The lowest BCUT2D eigenvalue weighted by molar-refractivity contribution is 0.405. The van der Waals surface area contributed by atoms with Gasteiger partial charge in [-0.1, -0.05) is 0 Å². The molecule has 0 heterocycles. The van der Waals surface area contributed by atoms with Crippen molar-refractivity contribution >= 4 is 0 Å². The molecule has 1 aromatic carbocycles. The molecule has 5 N–H and O–H groups in total. The quantitative estimate of drug-likeness (QED) is 0.649.